The topological polar surface area (TPSA) is 48.0 Å². The highest BCUT2D eigenvalue weighted by Gasteiger charge is 2.23. The van der Waals surface area contributed by atoms with Crippen molar-refractivity contribution < 1.29 is 19.0 Å². The summed E-state index contributed by atoms with van der Waals surface area (Å²) in [5.74, 6) is 1.38. The van der Waals surface area contributed by atoms with Crippen LogP contribution in [0.2, 0.25) is 0 Å². The largest absolute Gasteiger partial charge is 0.493 e. The highest BCUT2D eigenvalue weighted by atomic mass is 79.9. The van der Waals surface area contributed by atoms with E-state index in [-0.39, 0.29) is 6.09 Å². The zero-order valence-corrected chi connectivity index (χ0v) is 16.2. The Morgan fingerprint density at radius 3 is 2.67 bits per heavy atom. The molecule has 0 N–H and O–H groups in total. The number of carbonyl (C=O) groups excluding carboxylic acids is 1. The normalized spacial score (nSPS) is 14.9. The molecular weight excluding hydrogens is 374 g/mol. The van der Waals surface area contributed by atoms with Crippen molar-refractivity contribution in [3.8, 4) is 11.5 Å². The molecule has 1 heterocycles. The van der Waals surface area contributed by atoms with Gasteiger partial charge in [0.15, 0.2) is 11.5 Å². The van der Waals surface area contributed by atoms with E-state index in [0.29, 0.717) is 31.2 Å². The molecular formula is C18H24BrNO4. The second kappa shape index (κ2) is 7.92. The minimum absolute atomic E-state index is 0.272. The lowest BCUT2D eigenvalue weighted by Crippen LogP contribution is -2.39. The molecule has 0 saturated carbocycles. The highest BCUT2D eigenvalue weighted by molar-refractivity contribution is 9.10. The van der Waals surface area contributed by atoms with E-state index in [1.807, 2.05) is 45.0 Å². The van der Waals surface area contributed by atoms with Gasteiger partial charge in [-0.1, -0.05) is 12.1 Å². The Bertz CT molecular complexity index is 622. The quantitative estimate of drug-likeness (QED) is 0.706. The van der Waals surface area contributed by atoms with Crippen molar-refractivity contribution >= 4 is 22.0 Å². The minimum Gasteiger partial charge on any atom is -0.493 e. The fourth-order valence-electron chi connectivity index (χ4n) is 2.29. The highest BCUT2D eigenvalue weighted by Crippen LogP contribution is 2.35. The number of carbonyl (C=O) groups is 1. The number of halogens is 1. The van der Waals surface area contributed by atoms with Crippen molar-refractivity contribution in [3.63, 3.8) is 0 Å². The summed E-state index contributed by atoms with van der Waals surface area (Å²) in [6.07, 6.45) is 2.52. The Kier molecular flexibility index (Phi) is 6.15. The Labute approximate surface area is 151 Å². The third-order valence-corrected chi connectivity index (χ3v) is 4.13. The first kappa shape index (κ1) is 18.6. The average molecular weight is 398 g/mol. The molecule has 24 heavy (non-hydrogen) atoms. The summed E-state index contributed by atoms with van der Waals surface area (Å²) in [5.41, 5.74) is 0.688. The van der Waals surface area contributed by atoms with Gasteiger partial charge in [-0.3, -0.25) is 0 Å². The van der Waals surface area contributed by atoms with Crippen LogP contribution in [-0.2, 0) is 4.74 Å². The number of nitrogens with zero attached hydrogens (tertiary/aromatic N) is 1. The first-order chi connectivity index (χ1) is 11.3. The minimum atomic E-state index is -0.472. The summed E-state index contributed by atoms with van der Waals surface area (Å²) in [5, 5.41) is 0. The van der Waals surface area contributed by atoms with E-state index >= 15 is 0 Å². The maximum absolute atomic E-state index is 12.0. The van der Waals surface area contributed by atoms with Crippen molar-refractivity contribution in [3.05, 3.63) is 34.3 Å². The first-order valence-corrected chi connectivity index (χ1v) is 8.70. The lowest BCUT2D eigenvalue weighted by atomic mass is 10.1. The summed E-state index contributed by atoms with van der Waals surface area (Å²) in [7, 11) is 1.62. The lowest BCUT2D eigenvalue weighted by molar-refractivity contribution is 0.0264. The van der Waals surface area contributed by atoms with Crippen molar-refractivity contribution in [1.29, 1.82) is 0 Å². The number of rotatable bonds is 4. The van der Waals surface area contributed by atoms with Gasteiger partial charge >= 0.3 is 6.09 Å². The van der Waals surface area contributed by atoms with Crippen molar-refractivity contribution in [2.45, 2.75) is 32.8 Å². The van der Waals surface area contributed by atoms with E-state index in [1.54, 1.807) is 12.0 Å². The second-order valence-electron chi connectivity index (χ2n) is 6.60. The Balaban J connectivity index is 1.91. The first-order valence-electron chi connectivity index (χ1n) is 7.91. The van der Waals surface area contributed by atoms with Crippen LogP contribution in [0, 0.1) is 0 Å². The number of ether oxygens (including phenoxy) is 3. The number of hydrogen-bond donors (Lipinski definition) is 0. The van der Waals surface area contributed by atoms with Gasteiger partial charge < -0.3 is 19.1 Å². The Hall–Kier alpha value is -1.69. The molecule has 1 amide bonds. The smallest absolute Gasteiger partial charge is 0.410 e. The molecule has 6 heteroatoms. The summed E-state index contributed by atoms with van der Waals surface area (Å²) in [6.45, 7) is 7.26. The maximum Gasteiger partial charge on any atom is 0.410 e. The number of benzene rings is 1. The molecule has 5 nitrogen and oxygen atoms in total. The van der Waals surface area contributed by atoms with Gasteiger partial charge in [-0.25, -0.2) is 4.79 Å². The molecule has 1 aromatic rings. The van der Waals surface area contributed by atoms with Crippen LogP contribution in [0.1, 0.15) is 27.2 Å². The average Bonchev–Trinajstić information content (AvgIpc) is 2.52. The van der Waals surface area contributed by atoms with E-state index in [4.69, 9.17) is 14.2 Å². The molecule has 0 aliphatic carbocycles. The lowest BCUT2D eigenvalue weighted by Gasteiger charge is -2.29. The van der Waals surface area contributed by atoms with E-state index in [2.05, 4.69) is 15.9 Å². The molecule has 0 spiro atoms. The molecule has 0 radical (unpaired) electrons. The van der Waals surface area contributed by atoms with Gasteiger partial charge in [0.2, 0.25) is 0 Å². The van der Waals surface area contributed by atoms with Gasteiger partial charge in [0.25, 0.3) is 0 Å². The number of methoxy groups -OCH3 is 1. The number of hydrogen-bond acceptors (Lipinski definition) is 4. The van der Waals surface area contributed by atoms with Gasteiger partial charge in [0, 0.05) is 13.1 Å². The molecule has 0 aromatic heterocycles. The van der Waals surface area contributed by atoms with Crippen LogP contribution in [-0.4, -0.2) is 43.4 Å². The third-order valence-electron chi connectivity index (χ3n) is 3.51. The van der Waals surface area contributed by atoms with Crippen LogP contribution < -0.4 is 9.47 Å². The molecule has 0 bridgehead atoms. The molecule has 0 fully saturated rings. The van der Waals surface area contributed by atoms with Gasteiger partial charge in [0.1, 0.15) is 12.2 Å². The standard InChI is InChI=1S/C18H24BrNO4/c1-18(2,3)24-17(21)20-10-8-13(9-11-20)12-23-16-14(19)6-5-7-15(16)22-4/h5-8H,9-12H2,1-4H3. The van der Waals surface area contributed by atoms with Gasteiger partial charge in [0.05, 0.1) is 11.6 Å². The van der Waals surface area contributed by atoms with E-state index in [0.717, 1.165) is 16.5 Å². The maximum atomic E-state index is 12.0. The zero-order valence-electron chi connectivity index (χ0n) is 14.6. The number of amides is 1. The summed E-state index contributed by atoms with van der Waals surface area (Å²) in [6, 6.07) is 5.67. The molecule has 1 aromatic carbocycles. The van der Waals surface area contributed by atoms with Crippen LogP contribution in [0.4, 0.5) is 4.79 Å². The summed E-state index contributed by atoms with van der Waals surface area (Å²) in [4.78, 5) is 13.8. The molecule has 2 rings (SSSR count). The van der Waals surface area contributed by atoms with Crippen LogP contribution in [0.25, 0.3) is 0 Å². The van der Waals surface area contributed by atoms with Crippen LogP contribution in [0.15, 0.2) is 34.3 Å². The van der Waals surface area contributed by atoms with Gasteiger partial charge in [-0.05, 0) is 60.8 Å². The SMILES string of the molecule is COc1cccc(Br)c1OCC1=CCN(C(=O)OC(C)(C)C)CC1. The van der Waals surface area contributed by atoms with E-state index in [1.165, 1.54) is 0 Å². The van der Waals surface area contributed by atoms with Crippen LogP contribution >= 0.6 is 15.9 Å². The second-order valence-corrected chi connectivity index (χ2v) is 7.45. The molecule has 0 atom stereocenters. The zero-order chi connectivity index (χ0) is 17.7. The summed E-state index contributed by atoms with van der Waals surface area (Å²) < 4.78 is 17.5. The molecule has 0 unspecified atom stereocenters. The molecule has 132 valence electrons. The van der Waals surface area contributed by atoms with Gasteiger partial charge in [-0.15, -0.1) is 0 Å². The third kappa shape index (κ3) is 5.16. The predicted octanol–water partition coefficient (Wildman–Crippen LogP) is 4.40. The molecule has 0 saturated heterocycles. The number of para-hydroxylation sites is 1. The van der Waals surface area contributed by atoms with Crippen LogP contribution in [0.5, 0.6) is 11.5 Å². The van der Waals surface area contributed by atoms with E-state index < -0.39 is 5.60 Å². The predicted molar refractivity (Wildman–Crippen MR) is 96.7 cm³/mol. The van der Waals surface area contributed by atoms with Crippen LogP contribution in [0.3, 0.4) is 0 Å². The Morgan fingerprint density at radius 1 is 1.33 bits per heavy atom. The van der Waals surface area contributed by atoms with Crippen molar-refractivity contribution in [2.75, 3.05) is 26.8 Å². The summed E-state index contributed by atoms with van der Waals surface area (Å²) >= 11 is 3.48. The molecule has 1 aliphatic rings. The fraction of sp³-hybridized carbons (Fsp3) is 0.500. The van der Waals surface area contributed by atoms with Gasteiger partial charge in [-0.2, -0.15) is 0 Å². The Morgan fingerprint density at radius 2 is 2.08 bits per heavy atom. The molecule has 1 aliphatic heterocycles. The van der Waals surface area contributed by atoms with E-state index in [9.17, 15) is 4.79 Å². The fourth-order valence-corrected chi connectivity index (χ4v) is 2.75. The van der Waals surface area contributed by atoms with Crippen molar-refractivity contribution in [2.24, 2.45) is 0 Å². The monoisotopic (exact) mass is 397 g/mol. The van der Waals surface area contributed by atoms with Crippen molar-refractivity contribution in [1.82, 2.24) is 4.90 Å².